The van der Waals surface area contributed by atoms with Gasteiger partial charge in [0.05, 0.1) is 16.8 Å². The van der Waals surface area contributed by atoms with E-state index in [9.17, 15) is 0 Å². The number of hydrogen-bond donors (Lipinski definition) is 1. The Balaban J connectivity index is 1.97. The van der Waals surface area contributed by atoms with Gasteiger partial charge in [-0.2, -0.15) is 4.98 Å². The van der Waals surface area contributed by atoms with Gasteiger partial charge in [-0.25, -0.2) is 0 Å². The van der Waals surface area contributed by atoms with Gasteiger partial charge in [0.25, 0.3) is 5.89 Å². The zero-order valence-electron chi connectivity index (χ0n) is 11.3. The Labute approximate surface area is 112 Å². The number of nitrogens with two attached hydrogens (primary N) is 1. The molecular weight excluding hydrogens is 240 g/mol. The predicted molar refractivity (Wildman–Crippen MR) is 71.3 cm³/mol. The van der Waals surface area contributed by atoms with Crippen LogP contribution in [0.5, 0.6) is 0 Å². The van der Waals surface area contributed by atoms with Crippen molar-refractivity contribution >= 4 is 0 Å². The van der Waals surface area contributed by atoms with E-state index in [4.69, 9.17) is 10.3 Å². The summed E-state index contributed by atoms with van der Waals surface area (Å²) in [5, 5.41) is 4.07. The lowest BCUT2D eigenvalue weighted by Crippen LogP contribution is -2.34. The van der Waals surface area contributed by atoms with Crippen LogP contribution >= 0.6 is 0 Å². The molecule has 2 heterocycles. The fraction of sp³-hybridized carbons (Fsp3) is 0.500. The van der Waals surface area contributed by atoms with Crippen LogP contribution in [-0.4, -0.2) is 15.1 Å². The highest BCUT2D eigenvalue weighted by Crippen LogP contribution is 2.35. The summed E-state index contributed by atoms with van der Waals surface area (Å²) in [6.07, 6.45) is 4.12. The van der Waals surface area contributed by atoms with Crippen molar-refractivity contribution in [1.82, 2.24) is 15.1 Å². The molecule has 2 aromatic rings. The third-order valence-corrected chi connectivity index (χ3v) is 3.82. The van der Waals surface area contributed by atoms with Crippen LogP contribution in [0, 0.1) is 13.8 Å². The Morgan fingerprint density at radius 1 is 1.16 bits per heavy atom. The van der Waals surface area contributed by atoms with Crippen LogP contribution in [0.3, 0.4) is 0 Å². The Kier molecular flexibility index (Phi) is 2.86. The van der Waals surface area contributed by atoms with Crippen LogP contribution in [0.25, 0.3) is 11.5 Å². The molecule has 1 aliphatic carbocycles. The van der Waals surface area contributed by atoms with E-state index < -0.39 is 5.54 Å². The van der Waals surface area contributed by atoms with Crippen LogP contribution < -0.4 is 5.73 Å². The average Bonchev–Trinajstić information content (AvgIpc) is 2.99. The smallest absolute Gasteiger partial charge is 0.259 e. The topological polar surface area (TPSA) is 77.8 Å². The number of hydrogen-bond acceptors (Lipinski definition) is 5. The quantitative estimate of drug-likeness (QED) is 0.895. The summed E-state index contributed by atoms with van der Waals surface area (Å²) in [6, 6.07) is 3.91. The van der Waals surface area contributed by atoms with Gasteiger partial charge < -0.3 is 10.3 Å². The van der Waals surface area contributed by atoms with Gasteiger partial charge in [0.15, 0.2) is 5.82 Å². The van der Waals surface area contributed by atoms with Crippen molar-refractivity contribution in [3.8, 4) is 11.5 Å². The van der Waals surface area contributed by atoms with E-state index in [1.54, 1.807) is 0 Å². The second kappa shape index (κ2) is 4.42. The summed E-state index contributed by atoms with van der Waals surface area (Å²) < 4.78 is 5.37. The third-order valence-electron chi connectivity index (χ3n) is 3.82. The van der Waals surface area contributed by atoms with Gasteiger partial charge in [-0.05, 0) is 38.8 Å². The summed E-state index contributed by atoms with van der Waals surface area (Å²) in [5.74, 6) is 1.14. The van der Waals surface area contributed by atoms with Crippen molar-refractivity contribution < 1.29 is 4.52 Å². The minimum atomic E-state index is -0.409. The van der Waals surface area contributed by atoms with Crippen molar-refractivity contribution in [2.24, 2.45) is 5.73 Å². The molecule has 0 aliphatic heterocycles. The fourth-order valence-electron chi connectivity index (χ4n) is 2.68. The lowest BCUT2D eigenvalue weighted by Gasteiger charge is -2.17. The molecule has 0 bridgehead atoms. The SMILES string of the molecule is Cc1ccc(-c2nc(C3(N)CCCC3)no2)c(C)n1. The van der Waals surface area contributed by atoms with E-state index in [0.29, 0.717) is 11.7 Å². The molecule has 0 amide bonds. The number of rotatable bonds is 2. The second-order valence-electron chi connectivity index (χ2n) is 5.37. The highest BCUT2D eigenvalue weighted by Gasteiger charge is 2.36. The first-order chi connectivity index (χ1) is 9.08. The Bertz CT molecular complexity index is 599. The molecule has 0 atom stereocenters. The van der Waals surface area contributed by atoms with Gasteiger partial charge in [-0.1, -0.05) is 18.0 Å². The van der Waals surface area contributed by atoms with Crippen LogP contribution in [0.2, 0.25) is 0 Å². The average molecular weight is 258 g/mol. The van der Waals surface area contributed by atoms with Gasteiger partial charge >= 0.3 is 0 Å². The molecule has 100 valence electrons. The first-order valence-corrected chi connectivity index (χ1v) is 6.66. The minimum absolute atomic E-state index is 0.409. The molecule has 2 N–H and O–H groups in total. The molecule has 5 heteroatoms. The molecule has 0 radical (unpaired) electrons. The summed E-state index contributed by atoms with van der Waals surface area (Å²) in [7, 11) is 0. The predicted octanol–water partition coefficient (Wildman–Crippen LogP) is 2.48. The largest absolute Gasteiger partial charge is 0.334 e. The van der Waals surface area contributed by atoms with Crippen LogP contribution in [0.1, 0.15) is 42.9 Å². The van der Waals surface area contributed by atoms with Crippen LogP contribution in [0.15, 0.2) is 16.7 Å². The molecule has 3 rings (SSSR count). The maximum Gasteiger partial charge on any atom is 0.259 e. The molecule has 0 spiro atoms. The monoisotopic (exact) mass is 258 g/mol. The first-order valence-electron chi connectivity index (χ1n) is 6.66. The van der Waals surface area contributed by atoms with Crippen molar-refractivity contribution in [2.75, 3.05) is 0 Å². The molecule has 1 saturated carbocycles. The van der Waals surface area contributed by atoms with E-state index in [-0.39, 0.29) is 0 Å². The van der Waals surface area contributed by atoms with E-state index in [1.165, 1.54) is 0 Å². The molecule has 5 nitrogen and oxygen atoms in total. The van der Waals surface area contributed by atoms with Gasteiger partial charge in [-0.3, -0.25) is 4.98 Å². The van der Waals surface area contributed by atoms with Crippen LogP contribution in [-0.2, 0) is 5.54 Å². The number of aryl methyl sites for hydroxylation is 2. The second-order valence-corrected chi connectivity index (χ2v) is 5.37. The van der Waals surface area contributed by atoms with Gasteiger partial charge in [0, 0.05) is 5.69 Å². The van der Waals surface area contributed by atoms with Crippen molar-refractivity contribution in [1.29, 1.82) is 0 Å². The number of aromatic nitrogens is 3. The Hall–Kier alpha value is -1.75. The van der Waals surface area contributed by atoms with Gasteiger partial charge in [0.1, 0.15) is 0 Å². The molecule has 0 unspecified atom stereocenters. The highest BCUT2D eigenvalue weighted by molar-refractivity contribution is 5.56. The zero-order chi connectivity index (χ0) is 13.5. The molecular formula is C14H18N4O. The fourth-order valence-corrected chi connectivity index (χ4v) is 2.68. The van der Waals surface area contributed by atoms with Crippen molar-refractivity contribution in [3.63, 3.8) is 0 Å². The van der Waals surface area contributed by atoms with Crippen molar-refractivity contribution in [3.05, 3.63) is 29.3 Å². The van der Waals surface area contributed by atoms with Crippen molar-refractivity contribution in [2.45, 2.75) is 45.1 Å². The summed E-state index contributed by atoms with van der Waals surface area (Å²) in [4.78, 5) is 8.90. The highest BCUT2D eigenvalue weighted by atomic mass is 16.5. The van der Waals surface area contributed by atoms with E-state index >= 15 is 0 Å². The molecule has 1 aliphatic rings. The normalized spacial score (nSPS) is 17.8. The Morgan fingerprint density at radius 3 is 2.58 bits per heavy atom. The summed E-state index contributed by atoms with van der Waals surface area (Å²) >= 11 is 0. The maximum absolute atomic E-state index is 6.33. The molecule has 19 heavy (non-hydrogen) atoms. The number of nitrogens with zero attached hydrogens (tertiary/aromatic N) is 3. The first kappa shape index (κ1) is 12.3. The number of pyridine rings is 1. The Morgan fingerprint density at radius 2 is 1.89 bits per heavy atom. The zero-order valence-corrected chi connectivity index (χ0v) is 11.3. The summed E-state index contributed by atoms with van der Waals surface area (Å²) in [6.45, 7) is 3.91. The third kappa shape index (κ3) is 2.14. The van der Waals surface area contributed by atoms with Gasteiger partial charge in [-0.15, -0.1) is 0 Å². The van der Waals surface area contributed by atoms with Gasteiger partial charge in [0.2, 0.25) is 0 Å². The lowest BCUT2D eigenvalue weighted by atomic mass is 9.98. The molecule has 0 aromatic carbocycles. The minimum Gasteiger partial charge on any atom is -0.334 e. The van der Waals surface area contributed by atoms with E-state index in [2.05, 4.69) is 15.1 Å². The standard InChI is InChI=1S/C14H18N4O/c1-9-5-6-11(10(2)16-9)12-17-13(18-19-12)14(15)7-3-4-8-14/h5-6H,3-4,7-8,15H2,1-2H3. The lowest BCUT2D eigenvalue weighted by molar-refractivity contribution is 0.372. The van der Waals surface area contributed by atoms with E-state index in [1.807, 2.05) is 26.0 Å². The van der Waals surface area contributed by atoms with Crippen LogP contribution in [0.4, 0.5) is 0 Å². The molecule has 1 fully saturated rings. The van der Waals surface area contributed by atoms with E-state index in [0.717, 1.165) is 42.6 Å². The molecule has 2 aromatic heterocycles. The summed E-state index contributed by atoms with van der Waals surface area (Å²) in [5.41, 5.74) is 8.68. The maximum atomic E-state index is 6.33. The molecule has 0 saturated heterocycles.